The van der Waals surface area contributed by atoms with Crippen LogP contribution in [0.15, 0.2) is 30.3 Å². The summed E-state index contributed by atoms with van der Waals surface area (Å²) in [5.74, 6) is -1.23. The Morgan fingerprint density at radius 3 is 2.62 bits per heavy atom. The van der Waals surface area contributed by atoms with Gasteiger partial charge < -0.3 is 14.7 Å². The molecule has 2 atom stereocenters. The average Bonchev–Trinajstić information content (AvgIpc) is 2.53. The van der Waals surface area contributed by atoms with E-state index in [1.807, 2.05) is 30.3 Å². The van der Waals surface area contributed by atoms with Gasteiger partial charge in [-0.15, -0.1) is 0 Å². The summed E-state index contributed by atoms with van der Waals surface area (Å²) in [6, 6.07) is 8.54. The lowest BCUT2D eigenvalue weighted by atomic mass is 10.1. The monoisotopic (exact) mass is 291 g/mol. The largest absolute Gasteiger partial charge is 0.480 e. The summed E-state index contributed by atoms with van der Waals surface area (Å²) in [6.07, 6.45) is 2.05. The summed E-state index contributed by atoms with van der Waals surface area (Å²) in [5, 5.41) is 9.24. The second-order valence-electron chi connectivity index (χ2n) is 5.32. The van der Waals surface area contributed by atoms with E-state index in [9.17, 15) is 14.7 Å². The third-order valence-electron chi connectivity index (χ3n) is 3.76. The van der Waals surface area contributed by atoms with Crippen molar-refractivity contribution >= 4 is 11.9 Å². The number of hydrogen-bond acceptors (Lipinski definition) is 3. The molecule has 2 rings (SSSR count). The van der Waals surface area contributed by atoms with Gasteiger partial charge in [0.2, 0.25) is 0 Å². The summed E-state index contributed by atoms with van der Waals surface area (Å²) in [6.45, 7) is 2.38. The van der Waals surface area contributed by atoms with Gasteiger partial charge in [-0.1, -0.05) is 30.3 Å². The van der Waals surface area contributed by atoms with Crippen molar-refractivity contribution in [2.45, 2.75) is 44.9 Å². The number of amides is 1. The molecule has 0 spiro atoms. The quantitative estimate of drug-likeness (QED) is 0.901. The maximum atomic E-state index is 12.6. The smallest absolute Gasteiger partial charge is 0.326 e. The van der Waals surface area contributed by atoms with E-state index in [0.29, 0.717) is 13.0 Å². The van der Waals surface area contributed by atoms with Crippen LogP contribution in [-0.2, 0) is 20.9 Å². The molecule has 5 heteroatoms. The van der Waals surface area contributed by atoms with Crippen LogP contribution in [0, 0.1) is 0 Å². The number of carbonyl (C=O) groups excluding carboxylic acids is 1. The van der Waals surface area contributed by atoms with Crippen LogP contribution in [0.3, 0.4) is 0 Å². The lowest BCUT2D eigenvalue weighted by Gasteiger charge is -2.32. The molecule has 1 heterocycles. The molecule has 0 aromatic heterocycles. The Kier molecular flexibility index (Phi) is 5.33. The molecule has 0 bridgehead atoms. The minimum absolute atomic E-state index is 0.228. The average molecular weight is 291 g/mol. The van der Waals surface area contributed by atoms with Gasteiger partial charge in [-0.3, -0.25) is 4.79 Å². The number of carboxylic acid groups (broad SMARTS) is 1. The minimum Gasteiger partial charge on any atom is -0.480 e. The SMILES string of the molecule is CC(C(=O)O)N(Cc1ccccc1)C(=O)C1CCCCO1. The van der Waals surface area contributed by atoms with E-state index in [0.717, 1.165) is 18.4 Å². The molecule has 114 valence electrons. The number of aliphatic carboxylic acids is 1. The molecule has 1 saturated heterocycles. The molecule has 0 aliphatic carbocycles. The van der Waals surface area contributed by atoms with E-state index in [4.69, 9.17) is 4.74 Å². The highest BCUT2D eigenvalue weighted by Gasteiger charge is 2.32. The molecule has 5 nitrogen and oxygen atoms in total. The molecule has 0 saturated carbocycles. The fraction of sp³-hybridized carbons (Fsp3) is 0.500. The summed E-state index contributed by atoms with van der Waals surface area (Å²) >= 11 is 0. The fourth-order valence-corrected chi connectivity index (χ4v) is 2.44. The van der Waals surface area contributed by atoms with Crippen LogP contribution in [-0.4, -0.2) is 40.6 Å². The lowest BCUT2D eigenvalue weighted by molar-refractivity contribution is -0.157. The van der Waals surface area contributed by atoms with Crippen molar-refractivity contribution in [3.63, 3.8) is 0 Å². The first-order valence-corrected chi connectivity index (χ1v) is 7.28. The maximum absolute atomic E-state index is 12.6. The van der Waals surface area contributed by atoms with E-state index in [1.54, 1.807) is 0 Å². The van der Waals surface area contributed by atoms with Gasteiger partial charge in [0.25, 0.3) is 5.91 Å². The molecule has 1 amide bonds. The Morgan fingerprint density at radius 1 is 1.33 bits per heavy atom. The van der Waals surface area contributed by atoms with Crippen molar-refractivity contribution in [2.75, 3.05) is 6.61 Å². The van der Waals surface area contributed by atoms with Gasteiger partial charge in [-0.05, 0) is 31.7 Å². The molecule has 1 aliphatic rings. The number of nitrogens with zero attached hydrogens (tertiary/aromatic N) is 1. The number of rotatable bonds is 5. The van der Waals surface area contributed by atoms with Crippen LogP contribution in [0.25, 0.3) is 0 Å². The standard InChI is InChI=1S/C16H21NO4/c1-12(16(19)20)17(11-13-7-3-2-4-8-13)15(18)14-9-5-6-10-21-14/h2-4,7-8,12,14H,5-6,9-11H2,1H3,(H,19,20). The minimum atomic E-state index is -1.00. The van der Waals surface area contributed by atoms with Gasteiger partial charge in [0.05, 0.1) is 0 Å². The molecule has 1 N–H and O–H groups in total. The normalized spacial score (nSPS) is 19.8. The predicted octanol–water partition coefficient (Wildman–Crippen LogP) is 2.06. The second kappa shape index (κ2) is 7.22. The summed E-state index contributed by atoms with van der Waals surface area (Å²) < 4.78 is 5.50. The van der Waals surface area contributed by atoms with Crippen molar-refractivity contribution in [3.8, 4) is 0 Å². The van der Waals surface area contributed by atoms with E-state index < -0.39 is 18.1 Å². The van der Waals surface area contributed by atoms with Crippen molar-refractivity contribution in [1.82, 2.24) is 4.90 Å². The number of carboxylic acids is 1. The van der Waals surface area contributed by atoms with E-state index in [2.05, 4.69) is 0 Å². The molecular formula is C16H21NO4. The summed E-state index contributed by atoms with van der Waals surface area (Å²) in [5.41, 5.74) is 0.912. The molecule has 1 aliphatic heterocycles. The van der Waals surface area contributed by atoms with Gasteiger partial charge in [0.1, 0.15) is 12.1 Å². The Morgan fingerprint density at radius 2 is 2.05 bits per heavy atom. The highest BCUT2D eigenvalue weighted by atomic mass is 16.5. The van der Waals surface area contributed by atoms with E-state index in [-0.39, 0.29) is 12.5 Å². The highest BCUT2D eigenvalue weighted by Crippen LogP contribution is 2.18. The number of hydrogen-bond donors (Lipinski definition) is 1. The van der Waals surface area contributed by atoms with Gasteiger partial charge in [-0.2, -0.15) is 0 Å². The first-order valence-electron chi connectivity index (χ1n) is 7.28. The van der Waals surface area contributed by atoms with Gasteiger partial charge >= 0.3 is 5.97 Å². The second-order valence-corrected chi connectivity index (χ2v) is 5.32. The first-order chi connectivity index (χ1) is 10.1. The molecule has 21 heavy (non-hydrogen) atoms. The van der Waals surface area contributed by atoms with Gasteiger partial charge in [-0.25, -0.2) is 4.79 Å². The topological polar surface area (TPSA) is 66.8 Å². The van der Waals surface area contributed by atoms with Crippen LogP contribution in [0.1, 0.15) is 31.7 Å². The summed E-state index contributed by atoms with van der Waals surface area (Å²) in [4.78, 5) is 25.3. The Bertz CT molecular complexity index is 482. The lowest BCUT2D eigenvalue weighted by Crippen LogP contribution is -2.48. The van der Waals surface area contributed by atoms with E-state index >= 15 is 0 Å². The predicted molar refractivity (Wildman–Crippen MR) is 77.7 cm³/mol. The number of benzene rings is 1. The number of ether oxygens (including phenoxy) is 1. The van der Waals surface area contributed by atoms with Crippen LogP contribution in [0.2, 0.25) is 0 Å². The van der Waals surface area contributed by atoms with Crippen molar-refractivity contribution in [3.05, 3.63) is 35.9 Å². The van der Waals surface area contributed by atoms with Gasteiger partial charge in [0.15, 0.2) is 0 Å². The van der Waals surface area contributed by atoms with Crippen molar-refractivity contribution in [2.24, 2.45) is 0 Å². The van der Waals surface area contributed by atoms with Crippen LogP contribution < -0.4 is 0 Å². The summed E-state index contributed by atoms with van der Waals surface area (Å²) in [7, 11) is 0. The molecule has 0 radical (unpaired) electrons. The molecule has 1 fully saturated rings. The zero-order chi connectivity index (χ0) is 15.2. The van der Waals surface area contributed by atoms with Gasteiger partial charge in [0, 0.05) is 13.2 Å². The molecular weight excluding hydrogens is 270 g/mol. The molecule has 1 aromatic carbocycles. The first kappa shape index (κ1) is 15.5. The third kappa shape index (κ3) is 4.04. The number of carbonyl (C=O) groups is 2. The zero-order valence-corrected chi connectivity index (χ0v) is 12.2. The maximum Gasteiger partial charge on any atom is 0.326 e. The highest BCUT2D eigenvalue weighted by molar-refractivity contribution is 5.86. The Hall–Kier alpha value is -1.88. The third-order valence-corrected chi connectivity index (χ3v) is 3.76. The fourth-order valence-electron chi connectivity index (χ4n) is 2.44. The van der Waals surface area contributed by atoms with Crippen LogP contribution >= 0.6 is 0 Å². The van der Waals surface area contributed by atoms with Crippen LogP contribution in [0.4, 0.5) is 0 Å². The van der Waals surface area contributed by atoms with Crippen molar-refractivity contribution < 1.29 is 19.4 Å². The molecule has 2 unspecified atom stereocenters. The Balaban J connectivity index is 2.14. The molecule has 1 aromatic rings. The van der Waals surface area contributed by atoms with Crippen molar-refractivity contribution in [1.29, 1.82) is 0 Å². The van der Waals surface area contributed by atoms with E-state index in [1.165, 1.54) is 11.8 Å². The Labute approximate surface area is 124 Å². The van der Waals surface area contributed by atoms with Crippen LogP contribution in [0.5, 0.6) is 0 Å². The zero-order valence-electron chi connectivity index (χ0n) is 12.2.